The third-order valence-electron chi connectivity index (χ3n) is 4.28. The molecule has 2 fully saturated rings. The number of likely N-dealkylation sites (tertiary alicyclic amines) is 1. The van der Waals surface area contributed by atoms with E-state index in [0.717, 1.165) is 10.3 Å². The zero-order valence-electron chi connectivity index (χ0n) is 11.0. The summed E-state index contributed by atoms with van der Waals surface area (Å²) in [4.78, 5) is 11.9. The number of hydrogen-bond donors (Lipinski definition) is 0. The van der Waals surface area contributed by atoms with E-state index < -0.39 is 0 Å². The molecule has 2 aliphatic rings. The van der Waals surface area contributed by atoms with Crippen molar-refractivity contribution in [2.75, 3.05) is 13.6 Å². The summed E-state index contributed by atoms with van der Waals surface area (Å²) in [5, 5.41) is 0. The van der Waals surface area contributed by atoms with Gasteiger partial charge < -0.3 is 4.40 Å². The van der Waals surface area contributed by atoms with Crippen molar-refractivity contribution >= 4 is 21.6 Å². The number of fused-ring (bicyclic) bond motifs is 1. The van der Waals surface area contributed by atoms with E-state index in [1.807, 2.05) is 6.20 Å². The molecule has 1 aliphatic carbocycles. The Balaban J connectivity index is 1.84. The quantitative estimate of drug-likeness (QED) is 0.852. The molecule has 5 heteroatoms. The number of aromatic nitrogens is 3. The summed E-state index contributed by atoms with van der Waals surface area (Å²) >= 11 is 3.51. The van der Waals surface area contributed by atoms with Gasteiger partial charge in [-0.3, -0.25) is 4.90 Å². The van der Waals surface area contributed by atoms with Gasteiger partial charge in [0.1, 0.15) is 4.60 Å². The average molecular weight is 321 g/mol. The lowest BCUT2D eigenvalue weighted by Gasteiger charge is -2.16. The molecule has 1 aliphatic heterocycles. The summed E-state index contributed by atoms with van der Waals surface area (Å²) < 4.78 is 3.05. The van der Waals surface area contributed by atoms with Gasteiger partial charge in [-0.1, -0.05) is 0 Å². The molecule has 1 unspecified atom stereocenters. The Morgan fingerprint density at radius 2 is 2.05 bits per heavy atom. The van der Waals surface area contributed by atoms with Crippen LogP contribution in [-0.2, 0) is 0 Å². The van der Waals surface area contributed by atoms with Crippen LogP contribution in [0.1, 0.15) is 49.0 Å². The van der Waals surface area contributed by atoms with Crippen molar-refractivity contribution in [3.05, 3.63) is 28.4 Å². The molecule has 0 bridgehead atoms. The lowest BCUT2D eigenvalue weighted by Crippen LogP contribution is -2.17. The highest BCUT2D eigenvalue weighted by molar-refractivity contribution is 9.10. The predicted octanol–water partition coefficient (Wildman–Crippen LogP) is 3.14. The number of halogens is 1. The SMILES string of the molecule is CN1CCCC1c1cn2cc(Br)nc(C3CC3)c2n1. The van der Waals surface area contributed by atoms with Crippen LogP contribution in [0.4, 0.5) is 0 Å². The Kier molecular flexibility index (Phi) is 2.67. The van der Waals surface area contributed by atoms with Gasteiger partial charge in [0.05, 0.1) is 17.4 Å². The molecule has 1 saturated carbocycles. The van der Waals surface area contributed by atoms with E-state index in [4.69, 9.17) is 4.98 Å². The van der Waals surface area contributed by atoms with Gasteiger partial charge in [0, 0.05) is 18.3 Å². The first-order valence-electron chi connectivity index (χ1n) is 6.97. The highest BCUT2D eigenvalue weighted by Gasteiger charge is 2.30. The molecule has 0 radical (unpaired) electrons. The molecule has 4 nitrogen and oxygen atoms in total. The van der Waals surface area contributed by atoms with E-state index in [2.05, 4.69) is 43.5 Å². The third-order valence-corrected chi connectivity index (χ3v) is 4.66. The van der Waals surface area contributed by atoms with Crippen molar-refractivity contribution in [1.29, 1.82) is 0 Å². The molecule has 1 saturated heterocycles. The molecular formula is C14H17BrN4. The van der Waals surface area contributed by atoms with Crippen LogP contribution in [-0.4, -0.2) is 32.9 Å². The molecule has 2 aromatic heterocycles. The van der Waals surface area contributed by atoms with Crippen LogP contribution >= 0.6 is 15.9 Å². The lowest BCUT2D eigenvalue weighted by atomic mass is 10.2. The van der Waals surface area contributed by atoms with E-state index in [1.54, 1.807) is 0 Å². The standard InChI is InChI=1S/C14H17BrN4/c1-18-6-2-3-11(18)10-7-19-8-12(15)17-13(9-4-5-9)14(19)16-10/h7-9,11H,2-6H2,1H3. The van der Waals surface area contributed by atoms with Gasteiger partial charge >= 0.3 is 0 Å². The topological polar surface area (TPSA) is 33.4 Å². The first-order chi connectivity index (χ1) is 9.22. The Hall–Kier alpha value is -0.940. The van der Waals surface area contributed by atoms with Gasteiger partial charge in [0.25, 0.3) is 0 Å². The van der Waals surface area contributed by atoms with Gasteiger partial charge in [-0.05, 0) is 55.2 Å². The summed E-state index contributed by atoms with van der Waals surface area (Å²) in [6.07, 6.45) is 9.20. The summed E-state index contributed by atoms with van der Waals surface area (Å²) in [6, 6.07) is 0.478. The Labute approximate surface area is 121 Å². The molecular weight excluding hydrogens is 304 g/mol. The second-order valence-corrected chi connectivity index (χ2v) is 6.57. The van der Waals surface area contributed by atoms with E-state index in [9.17, 15) is 0 Å². The summed E-state index contributed by atoms with van der Waals surface area (Å²) in [7, 11) is 2.19. The summed E-state index contributed by atoms with van der Waals surface area (Å²) in [6.45, 7) is 1.18. The summed E-state index contributed by atoms with van der Waals surface area (Å²) in [5.41, 5.74) is 3.42. The Bertz CT molecular complexity index is 632. The van der Waals surface area contributed by atoms with Crippen LogP contribution in [0.15, 0.2) is 17.0 Å². The van der Waals surface area contributed by atoms with Gasteiger partial charge in [0.2, 0.25) is 0 Å². The van der Waals surface area contributed by atoms with Crippen LogP contribution in [0.2, 0.25) is 0 Å². The van der Waals surface area contributed by atoms with Crippen molar-refractivity contribution in [1.82, 2.24) is 19.3 Å². The largest absolute Gasteiger partial charge is 0.303 e. The number of imidazole rings is 1. The van der Waals surface area contributed by atoms with E-state index in [0.29, 0.717) is 12.0 Å². The lowest BCUT2D eigenvalue weighted by molar-refractivity contribution is 0.313. The molecule has 3 heterocycles. The van der Waals surface area contributed by atoms with Crippen LogP contribution in [0.3, 0.4) is 0 Å². The maximum Gasteiger partial charge on any atom is 0.159 e. The molecule has 0 amide bonds. The van der Waals surface area contributed by atoms with E-state index in [1.165, 1.54) is 43.6 Å². The number of rotatable bonds is 2. The summed E-state index contributed by atoms with van der Waals surface area (Å²) in [5.74, 6) is 0.622. The fourth-order valence-corrected chi connectivity index (χ4v) is 3.50. The van der Waals surface area contributed by atoms with Crippen molar-refractivity contribution < 1.29 is 0 Å². The van der Waals surface area contributed by atoms with Crippen molar-refractivity contribution in [3.8, 4) is 0 Å². The second kappa shape index (κ2) is 4.28. The fourth-order valence-electron chi connectivity index (χ4n) is 3.08. The third kappa shape index (κ3) is 1.99. The monoisotopic (exact) mass is 320 g/mol. The molecule has 1 atom stereocenters. The van der Waals surface area contributed by atoms with Crippen LogP contribution in [0, 0.1) is 0 Å². The Morgan fingerprint density at radius 3 is 2.74 bits per heavy atom. The smallest absolute Gasteiger partial charge is 0.159 e. The van der Waals surface area contributed by atoms with Gasteiger partial charge in [0.15, 0.2) is 5.65 Å². The van der Waals surface area contributed by atoms with E-state index in [-0.39, 0.29) is 0 Å². The maximum atomic E-state index is 4.89. The van der Waals surface area contributed by atoms with Crippen molar-refractivity contribution in [2.24, 2.45) is 0 Å². The first kappa shape index (κ1) is 11.9. The van der Waals surface area contributed by atoms with Crippen LogP contribution in [0.5, 0.6) is 0 Å². The Morgan fingerprint density at radius 1 is 1.21 bits per heavy atom. The molecule has 0 spiro atoms. The first-order valence-corrected chi connectivity index (χ1v) is 7.77. The van der Waals surface area contributed by atoms with Crippen LogP contribution < -0.4 is 0 Å². The normalized spacial score (nSPS) is 24.4. The van der Waals surface area contributed by atoms with Gasteiger partial charge in [-0.15, -0.1) is 0 Å². The van der Waals surface area contributed by atoms with Gasteiger partial charge in [-0.2, -0.15) is 0 Å². The minimum Gasteiger partial charge on any atom is -0.303 e. The molecule has 100 valence electrons. The van der Waals surface area contributed by atoms with Crippen LogP contribution in [0.25, 0.3) is 5.65 Å². The minimum atomic E-state index is 0.478. The van der Waals surface area contributed by atoms with Crippen molar-refractivity contribution in [2.45, 2.75) is 37.6 Å². The average Bonchev–Trinajstić information content (AvgIpc) is 3.00. The second-order valence-electron chi connectivity index (χ2n) is 5.76. The predicted molar refractivity (Wildman–Crippen MR) is 77.3 cm³/mol. The highest BCUT2D eigenvalue weighted by Crippen LogP contribution is 2.41. The molecule has 0 N–H and O–H groups in total. The zero-order valence-corrected chi connectivity index (χ0v) is 12.6. The minimum absolute atomic E-state index is 0.478. The maximum absolute atomic E-state index is 4.89. The zero-order chi connectivity index (χ0) is 13.0. The molecule has 0 aromatic carbocycles. The number of hydrogen-bond acceptors (Lipinski definition) is 3. The van der Waals surface area contributed by atoms with Crippen molar-refractivity contribution in [3.63, 3.8) is 0 Å². The molecule has 2 aromatic rings. The number of nitrogens with zero attached hydrogens (tertiary/aromatic N) is 4. The van der Waals surface area contributed by atoms with E-state index >= 15 is 0 Å². The highest BCUT2D eigenvalue weighted by atomic mass is 79.9. The molecule has 19 heavy (non-hydrogen) atoms. The fraction of sp³-hybridized carbons (Fsp3) is 0.571. The van der Waals surface area contributed by atoms with Gasteiger partial charge in [-0.25, -0.2) is 9.97 Å². The molecule has 4 rings (SSSR count).